The number of hydrogen-bond acceptors (Lipinski definition) is 3. The first-order valence-corrected chi connectivity index (χ1v) is 6.91. The van der Waals surface area contributed by atoms with Gasteiger partial charge in [0, 0.05) is 19.6 Å². The Morgan fingerprint density at radius 3 is 2.68 bits per heavy atom. The monoisotopic (exact) mass is 265 g/mol. The van der Waals surface area contributed by atoms with E-state index in [9.17, 15) is 9.18 Å². The maximum Gasteiger partial charge on any atom is 0.257 e. The number of aromatic nitrogens is 1. The fourth-order valence-corrected chi connectivity index (χ4v) is 2.35. The van der Waals surface area contributed by atoms with Gasteiger partial charge < -0.3 is 10.2 Å². The summed E-state index contributed by atoms with van der Waals surface area (Å²) in [4.78, 5) is 18.3. The van der Waals surface area contributed by atoms with Gasteiger partial charge in [0.25, 0.3) is 5.91 Å². The van der Waals surface area contributed by atoms with E-state index in [4.69, 9.17) is 0 Å². The minimum Gasteiger partial charge on any atom is -0.370 e. The molecule has 2 rings (SSSR count). The molecule has 0 atom stereocenters. The molecular formula is C14H20FN3O. The minimum absolute atomic E-state index is 0.121. The molecule has 19 heavy (non-hydrogen) atoms. The molecule has 0 aromatic carbocycles. The quantitative estimate of drug-likeness (QED) is 0.914. The molecule has 1 N–H and O–H groups in total. The predicted octanol–water partition coefficient (Wildman–Crippen LogP) is 2.67. The number of hydrogen-bond donors (Lipinski definition) is 1. The first-order valence-electron chi connectivity index (χ1n) is 6.91. The van der Waals surface area contributed by atoms with Crippen molar-refractivity contribution in [3.63, 3.8) is 0 Å². The van der Waals surface area contributed by atoms with Crippen LogP contribution in [-0.2, 0) is 0 Å². The van der Waals surface area contributed by atoms with Crippen molar-refractivity contribution < 1.29 is 9.18 Å². The molecule has 104 valence electrons. The van der Waals surface area contributed by atoms with Crippen LogP contribution in [0.4, 0.5) is 10.2 Å². The second-order valence-electron chi connectivity index (χ2n) is 4.79. The van der Waals surface area contributed by atoms with E-state index >= 15 is 0 Å². The van der Waals surface area contributed by atoms with E-state index in [0.29, 0.717) is 17.9 Å². The second-order valence-corrected chi connectivity index (χ2v) is 4.79. The van der Waals surface area contributed by atoms with Crippen LogP contribution in [0.5, 0.6) is 0 Å². The van der Waals surface area contributed by atoms with E-state index in [1.807, 2.05) is 11.8 Å². The summed E-state index contributed by atoms with van der Waals surface area (Å²) in [7, 11) is 0. The lowest BCUT2D eigenvalue weighted by atomic mass is 10.2. The molecule has 0 spiro atoms. The van der Waals surface area contributed by atoms with Gasteiger partial charge >= 0.3 is 0 Å². The number of likely N-dealkylation sites (tertiary alicyclic amines) is 1. The summed E-state index contributed by atoms with van der Waals surface area (Å²) in [6.45, 7) is 4.08. The number of amides is 1. The van der Waals surface area contributed by atoms with E-state index in [2.05, 4.69) is 10.3 Å². The smallest absolute Gasteiger partial charge is 0.257 e. The van der Waals surface area contributed by atoms with Crippen molar-refractivity contribution in [2.24, 2.45) is 0 Å². The summed E-state index contributed by atoms with van der Waals surface area (Å²) < 4.78 is 13.3. The number of carbonyl (C=O) groups is 1. The summed E-state index contributed by atoms with van der Waals surface area (Å²) >= 11 is 0. The zero-order valence-corrected chi connectivity index (χ0v) is 11.3. The Morgan fingerprint density at radius 2 is 2.05 bits per heavy atom. The topological polar surface area (TPSA) is 45.2 Å². The van der Waals surface area contributed by atoms with Gasteiger partial charge in [0.1, 0.15) is 11.6 Å². The molecule has 0 saturated carbocycles. The third kappa shape index (κ3) is 3.43. The van der Waals surface area contributed by atoms with Crippen molar-refractivity contribution in [2.75, 3.05) is 25.0 Å². The van der Waals surface area contributed by atoms with Crippen molar-refractivity contribution in [3.05, 3.63) is 23.6 Å². The highest BCUT2D eigenvalue weighted by atomic mass is 19.1. The minimum atomic E-state index is -0.472. The van der Waals surface area contributed by atoms with Gasteiger partial charge in [0.15, 0.2) is 0 Å². The summed E-state index contributed by atoms with van der Waals surface area (Å²) in [6, 6.07) is 1.28. The number of pyridine rings is 1. The lowest BCUT2D eigenvalue weighted by Gasteiger charge is -2.21. The molecule has 1 aliphatic rings. The van der Waals surface area contributed by atoms with E-state index in [1.165, 1.54) is 6.07 Å². The van der Waals surface area contributed by atoms with Crippen LogP contribution in [0.3, 0.4) is 0 Å². The Morgan fingerprint density at radius 1 is 1.37 bits per heavy atom. The van der Waals surface area contributed by atoms with Crippen LogP contribution in [0, 0.1) is 5.82 Å². The lowest BCUT2D eigenvalue weighted by molar-refractivity contribution is 0.0761. The summed E-state index contributed by atoms with van der Waals surface area (Å²) in [6.07, 6.45) is 5.49. The number of carbonyl (C=O) groups excluding carboxylic acids is 1. The Hall–Kier alpha value is -1.65. The van der Waals surface area contributed by atoms with Crippen LogP contribution in [0.15, 0.2) is 12.3 Å². The van der Waals surface area contributed by atoms with Gasteiger partial charge in [-0.1, -0.05) is 12.8 Å². The van der Waals surface area contributed by atoms with E-state index in [0.717, 1.165) is 45.0 Å². The Bertz CT molecular complexity index is 442. The van der Waals surface area contributed by atoms with E-state index < -0.39 is 5.82 Å². The summed E-state index contributed by atoms with van der Waals surface area (Å²) in [5.74, 6) is -0.122. The van der Waals surface area contributed by atoms with Gasteiger partial charge in [-0.3, -0.25) is 4.79 Å². The van der Waals surface area contributed by atoms with Crippen molar-refractivity contribution in [1.82, 2.24) is 9.88 Å². The molecule has 4 nitrogen and oxygen atoms in total. The number of nitrogens with one attached hydrogen (secondary N) is 1. The van der Waals surface area contributed by atoms with E-state index in [1.54, 1.807) is 0 Å². The molecule has 0 unspecified atom stereocenters. The van der Waals surface area contributed by atoms with Crippen molar-refractivity contribution in [2.45, 2.75) is 32.6 Å². The van der Waals surface area contributed by atoms with E-state index in [-0.39, 0.29) is 5.91 Å². The van der Waals surface area contributed by atoms with Crippen molar-refractivity contribution in [1.29, 1.82) is 0 Å². The molecule has 1 amide bonds. The molecule has 1 aromatic heterocycles. The largest absolute Gasteiger partial charge is 0.370 e. The molecule has 0 radical (unpaired) electrons. The van der Waals surface area contributed by atoms with Crippen LogP contribution in [0.1, 0.15) is 43.0 Å². The fraction of sp³-hybridized carbons (Fsp3) is 0.571. The van der Waals surface area contributed by atoms with Gasteiger partial charge in [-0.05, 0) is 25.8 Å². The van der Waals surface area contributed by atoms with Crippen LogP contribution >= 0.6 is 0 Å². The van der Waals surface area contributed by atoms with Gasteiger partial charge in [-0.25, -0.2) is 9.37 Å². The molecule has 1 aliphatic heterocycles. The molecule has 2 heterocycles. The van der Waals surface area contributed by atoms with Crippen LogP contribution in [0.25, 0.3) is 0 Å². The molecular weight excluding hydrogens is 245 g/mol. The van der Waals surface area contributed by atoms with Crippen LogP contribution in [0.2, 0.25) is 0 Å². The molecule has 5 heteroatoms. The Labute approximate surface area is 113 Å². The van der Waals surface area contributed by atoms with Gasteiger partial charge in [-0.15, -0.1) is 0 Å². The first-order chi connectivity index (χ1) is 9.22. The third-order valence-corrected chi connectivity index (χ3v) is 3.32. The highest BCUT2D eigenvalue weighted by Crippen LogP contribution is 2.18. The third-order valence-electron chi connectivity index (χ3n) is 3.32. The molecule has 0 bridgehead atoms. The lowest BCUT2D eigenvalue weighted by Crippen LogP contribution is -2.32. The van der Waals surface area contributed by atoms with Crippen LogP contribution < -0.4 is 5.32 Å². The summed E-state index contributed by atoms with van der Waals surface area (Å²) in [5, 5.41) is 3.01. The SMILES string of the molecule is CCNc1ncc(F)cc1C(=O)N1CCCCCC1. The number of rotatable bonds is 3. The zero-order chi connectivity index (χ0) is 13.7. The molecule has 1 aromatic rings. The first kappa shape index (κ1) is 13.8. The molecule has 0 aliphatic carbocycles. The number of anilines is 1. The Kier molecular flexibility index (Phi) is 4.71. The maximum atomic E-state index is 13.3. The molecule has 1 fully saturated rings. The van der Waals surface area contributed by atoms with Crippen LogP contribution in [-0.4, -0.2) is 35.4 Å². The van der Waals surface area contributed by atoms with Gasteiger partial charge in [-0.2, -0.15) is 0 Å². The normalized spacial score (nSPS) is 16.0. The standard InChI is InChI=1S/C14H20FN3O/c1-2-16-13-12(9-11(15)10-17-13)14(19)18-7-5-3-4-6-8-18/h9-10H,2-8H2,1H3,(H,16,17). The average Bonchev–Trinajstić information content (AvgIpc) is 2.69. The fourth-order valence-electron chi connectivity index (χ4n) is 2.35. The predicted molar refractivity (Wildman–Crippen MR) is 72.7 cm³/mol. The maximum absolute atomic E-state index is 13.3. The molecule has 1 saturated heterocycles. The van der Waals surface area contributed by atoms with Crippen molar-refractivity contribution >= 4 is 11.7 Å². The average molecular weight is 265 g/mol. The summed E-state index contributed by atoms with van der Waals surface area (Å²) in [5.41, 5.74) is 0.337. The zero-order valence-electron chi connectivity index (χ0n) is 11.3. The van der Waals surface area contributed by atoms with Gasteiger partial charge in [0.2, 0.25) is 0 Å². The highest BCUT2D eigenvalue weighted by Gasteiger charge is 2.21. The number of halogens is 1. The van der Waals surface area contributed by atoms with Gasteiger partial charge in [0.05, 0.1) is 11.8 Å². The highest BCUT2D eigenvalue weighted by molar-refractivity contribution is 5.98. The Balaban J connectivity index is 2.23. The number of nitrogens with zero attached hydrogens (tertiary/aromatic N) is 2. The van der Waals surface area contributed by atoms with Crippen molar-refractivity contribution in [3.8, 4) is 0 Å². The second kappa shape index (κ2) is 6.50.